The van der Waals surface area contributed by atoms with Crippen molar-refractivity contribution in [1.29, 1.82) is 0 Å². The number of hydrogen-bond acceptors (Lipinski definition) is 3. The van der Waals surface area contributed by atoms with Crippen molar-refractivity contribution in [2.24, 2.45) is 4.99 Å². The fourth-order valence-electron chi connectivity index (χ4n) is 1.83. The van der Waals surface area contributed by atoms with Crippen LogP contribution in [0.4, 0.5) is 0 Å². The van der Waals surface area contributed by atoms with Crippen LogP contribution in [0.5, 0.6) is 0 Å². The zero-order valence-corrected chi connectivity index (χ0v) is 16.7. The fraction of sp³-hybridized carbons (Fsp3) is 0.667. The molecule has 0 radical (unpaired) electrons. The van der Waals surface area contributed by atoms with Gasteiger partial charge in [-0.1, -0.05) is 6.92 Å². The van der Waals surface area contributed by atoms with Crippen molar-refractivity contribution >= 4 is 41.3 Å². The average Bonchev–Trinajstić information content (AvgIpc) is 2.94. The Bertz CT molecular complexity index is 379. The lowest BCUT2D eigenvalue weighted by molar-refractivity contribution is 0.399. The first-order chi connectivity index (χ1) is 9.63. The molecule has 0 bridgehead atoms. The van der Waals surface area contributed by atoms with E-state index in [0.717, 1.165) is 38.6 Å². The van der Waals surface area contributed by atoms with Gasteiger partial charge in [0.1, 0.15) is 0 Å². The minimum atomic E-state index is 0. The number of halogens is 1. The third-order valence-corrected chi connectivity index (χ3v) is 3.76. The third kappa shape index (κ3) is 9.31. The van der Waals surface area contributed by atoms with Crippen molar-refractivity contribution in [3.05, 3.63) is 22.4 Å². The van der Waals surface area contributed by atoms with Crippen molar-refractivity contribution in [1.82, 2.24) is 15.5 Å². The van der Waals surface area contributed by atoms with E-state index in [-0.39, 0.29) is 24.0 Å². The molecule has 0 aliphatic rings. The van der Waals surface area contributed by atoms with Gasteiger partial charge in [-0.2, -0.15) is 11.3 Å². The van der Waals surface area contributed by atoms with Gasteiger partial charge < -0.3 is 15.5 Å². The predicted octanol–water partition coefficient (Wildman–Crippen LogP) is 2.98. The molecule has 0 spiro atoms. The molecule has 0 aliphatic heterocycles. The van der Waals surface area contributed by atoms with E-state index in [4.69, 9.17) is 0 Å². The highest BCUT2D eigenvalue weighted by molar-refractivity contribution is 14.0. The van der Waals surface area contributed by atoms with Gasteiger partial charge >= 0.3 is 0 Å². The number of nitrogens with one attached hydrogen (secondary N) is 2. The smallest absolute Gasteiger partial charge is 0.191 e. The minimum Gasteiger partial charge on any atom is -0.357 e. The molecule has 1 heterocycles. The molecule has 2 N–H and O–H groups in total. The van der Waals surface area contributed by atoms with Crippen LogP contribution in [0, 0.1) is 0 Å². The first kappa shape index (κ1) is 20.7. The lowest BCUT2D eigenvalue weighted by Crippen LogP contribution is -2.38. The average molecular weight is 424 g/mol. The van der Waals surface area contributed by atoms with E-state index < -0.39 is 0 Å². The maximum atomic E-state index is 4.67. The molecule has 21 heavy (non-hydrogen) atoms. The Kier molecular flexibility index (Phi) is 12.0. The Morgan fingerprint density at radius 3 is 2.71 bits per heavy atom. The predicted molar refractivity (Wildman–Crippen MR) is 105 cm³/mol. The maximum absolute atomic E-state index is 4.67. The Morgan fingerprint density at radius 2 is 2.14 bits per heavy atom. The van der Waals surface area contributed by atoms with Crippen LogP contribution in [-0.4, -0.2) is 51.1 Å². The van der Waals surface area contributed by atoms with Gasteiger partial charge in [-0.05, 0) is 56.4 Å². The second-order valence-corrected chi connectivity index (χ2v) is 6.04. The van der Waals surface area contributed by atoms with Gasteiger partial charge in [-0.3, -0.25) is 4.99 Å². The Hall–Kier alpha value is -0.340. The molecule has 6 heteroatoms. The van der Waals surface area contributed by atoms with E-state index in [1.807, 2.05) is 0 Å². The van der Waals surface area contributed by atoms with Gasteiger partial charge in [0.05, 0.1) is 0 Å². The van der Waals surface area contributed by atoms with E-state index in [2.05, 4.69) is 65.3 Å². The highest BCUT2D eigenvalue weighted by Crippen LogP contribution is 2.18. The summed E-state index contributed by atoms with van der Waals surface area (Å²) in [5, 5.41) is 11.0. The van der Waals surface area contributed by atoms with Crippen LogP contribution in [-0.2, 0) is 0 Å². The van der Waals surface area contributed by atoms with E-state index >= 15 is 0 Å². The van der Waals surface area contributed by atoms with Gasteiger partial charge in [-0.15, -0.1) is 24.0 Å². The Morgan fingerprint density at radius 1 is 1.38 bits per heavy atom. The van der Waals surface area contributed by atoms with Crippen molar-refractivity contribution in [2.45, 2.75) is 26.2 Å². The molecule has 1 aromatic rings. The minimum absolute atomic E-state index is 0. The first-order valence-electron chi connectivity index (χ1n) is 7.32. The van der Waals surface area contributed by atoms with Crippen molar-refractivity contribution in [3.63, 3.8) is 0 Å². The normalized spacial score (nSPS) is 12.9. The van der Waals surface area contributed by atoms with Crippen molar-refractivity contribution in [2.75, 3.05) is 40.3 Å². The lowest BCUT2D eigenvalue weighted by atomic mass is 10.1. The largest absolute Gasteiger partial charge is 0.357 e. The number of hydrogen-bond donors (Lipinski definition) is 2. The second kappa shape index (κ2) is 12.2. The van der Waals surface area contributed by atoms with Crippen LogP contribution in [0.2, 0.25) is 0 Å². The number of rotatable bonds is 8. The number of thiophene rings is 1. The van der Waals surface area contributed by atoms with Crippen molar-refractivity contribution < 1.29 is 0 Å². The summed E-state index contributed by atoms with van der Waals surface area (Å²) in [6, 6.07) is 2.18. The van der Waals surface area contributed by atoms with E-state index in [1.165, 1.54) is 5.56 Å². The zero-order chi connectivity index (χ0) is 14.8. The highest BCUT2D eigenvalue weighted by Gasteiger charge is 2.05. The van der Waals surface area contributed by atoms with E-state index in [1.54, 1.807) is 11.3 Å². The molecule has 1 unspecified atom stereocenters. The Labute approximate surface area is 150 Å². The standard InChI is InChI=1S/C15H28N4S.HI/c1-5-16-15(17-8-6-9-19(3)4)18-11-13(2)14-7-10-20-12-14;/h7,10,12-13H,5-6,8-9,11H2,1-4H3,(H2,16,17,18);1H. The van der Waals surface area contributed by atoms with Gasteiger partial charge in [-0.25, -0.2) is 0 Å². The van der Waals surface area contributed by atoms with Crippen LogP contribution in [0.25, 0.3) is 0 Å². The highest BCUT2D eigenvalue weighted by atomic mass is 127. The summed E-state index contributed by atoms with van der Waals surface area (Å²) in [7, 11) is 4.20. The molecule has 1 aromatic heterocycles. The van der Waals surface area contributed by atoms with E-state index in [9.17, 15) is 0 Å². The van der Waals surface area contributed by atoms with Crippen LogP contribution in [0.1, 0.15) is 31.7 Å². The van der Waals surface area contributed by atoms with Crippen LogP contribution in [0.15, 0.2) is 21.8 Å². The van der Waals surface area contributed by atoms with Gasteiger partial charge in [0.25, 0.3) is 0 Å². The summed E-state index contributed by atoms with van der Waals surface area (Å²) in [6.45, 7) is 8.08. The number of guanidine groups is 1. The summed E-state index contributed by atoms with van der Waals surface area (Å²) in [5.41, 5.74) is 1.38. The van der Waals surface area contributed by atoms with Crippen LogP contribution in [0.3, 0.4) is 0 Å². The molecule has 0 saturated heterocycles. The van der Waals surface area contributed by atoms with Gasteiger partial charge in [0.2, 0.25) is 0 Å². The molecule has 0 fully saturated rings. The SMILES string of the molecule is CCNC(=NCC(C)c1ccsc1)NCCCN(C)C.I. The van der Waals surface area contributed by atoms with Crippen LogP contribution >= 0.6 is 35.3 Å². The lowest BCUT2D eigenvalue weighted by Gasteiger charge is -2.14. The zero-order valence-electron chi connectivity index (χ0n) is 13.6. The molecule has 0 aliphatic carbocycles. The molecule has 4 nitrogen and oxygen atoms in total. The molecule has 122 valence electrons. The molecule has 0 amide bonds. The topological polar surface area (TPSA) is 39.7 Å². The Balaban J connectivity index is 0.00000400. The van der Waals surface area contributed by atoms with E-state index in [0.29, 0.717) is 5.92 Å². The maximum Gasteiger partial charge on any atom is 0.191 e. The summed E-state index contributed by atoms with van der Waals surface area (Å²) >= 11 is 1.75. The second-order valence-electron chi connectivity index (χ2n) is 5.26. The summed E-state index contributed by atoms with van der Waals surface area (Å²) in [4.78, 5) is 6.87. The van der Waals surface area contributed by atoms with Crippen LogP contribution < -0.4 is 10.6 Å². The molecular weight excluding hydrogens is 395 g/mol. The number of nitrogens with zero attached hydrogens (tertiary/aromatic N) is 2. The summed E-state index contributed by atoms with van der Waals surface area (Å²) in [6.07, 6.45) is 1.12. The first-order valence-corrected chi connectivity index (χ1v) is 8.26. The fourth-order valence-corrected chi connectivity index (χ4v) is 2.62. The summed E-state index contributed by atoms with van der Waals surface area (Å²) < 4.78 is 0. The molecule has 0 aromatic carbocycles. The monoisotopic (exact) mass is 424 g/mol. The summed E-state index contributed by atoms with van der Waals surface area (Å²) in [5.74, 6) is 1.40. The van der Waals surface area contributed by atoms with Crippen molar-refractivity contribution in [3.8, 4) is 0 Å². The molecule has 1 rings (SSSR count). The quantitative estimate of drug-likeness (QED) is 0.292. The third-order valence-electron chi connectivity index (χ3n) is 3.05. The molecule has 0 saturated carbocycles. The van der Waals surface area contributed by atoms with Gasteiger partial charge in [0.15, 0.2) is 5.96 Å². The number of aliphatic imine (C=N–C) groups is 1. The molecule has 1 atom stereocenters. The molecular formula is C15H29IN4S. The van der Waals surface area contributed by atoms with Gasteiger partial charge in [0, 0.05) is 25.6 Å².